The third kappa shape index (κ3) is 4.97. The Balaban J connectivity index is 2.03. The van der Waals surface area contributed by atoms with Crippen molar-refractivity contribution in [2.24, 2.45) is 5.41 Å². The lowest BCUT2D eigenvalue weighted by molar-refractivity contribution is -0.139. The first kappa shape index (κ1) is 15.7. The molecule has 0 saturated carbocycles. The number of carbonyl (C=O) groups is 1. The topological polar surface area (TPSA) is 76.2 Å². The van der Waals surface area contributed by atoms with E-state index in [1.54, 1.807) is 0 Å². The molecule has 0 aliphatic carbocycles. The van der Waals surface area contributed by atoms with E-state index in [9.17, 15) is 4.79 Å². The minimum absolute atomic E-state index is 0.0658. The maximum atomic E-state index is 10.8. The Morgan fingerprint density at radius 2 is 2.05 bits per heavy atom. The molecule has 0 unspecified atom stereocenters. The van der Waals surface area contributed by atoms with Gasteiger partial charge in [0.25, 0.3) is 0 Å². The van der Waals surface area contributed by atoms with Gasteiger partial charge in [-0.25, -0.2) is 0 Å². The van der Waals surface area contributed by atoms with Gasteiger partial charge in [0.05, 0.1) is 12.8 Å². The zero-order chi connectivity index (χ0) is 15.5. The number of aromatic nitrogens is 2. The molecule has 1 aromatic heterocycles. The van der Waals surface area contributed by atoms with Crippen LogP contribution in [0.4, 0.5) is 0 Å². The van der Waals surface area contributed by atoms with Crippen LogP contribution in [0, 0.1) is 5.41 Å². The van der Waals surface area contributed by atoms with E-state index in [4.69, 9.17) is 9.52 Å². The molecule has 2 aromatic rings. The van der Waals surface area contributed by atoms with Gasteiger partial charge < -0.3 is 9.52 Å². The normalized spacial score (nSPS) is 11.6. The molecule has 1 aromatic carbocycles. The van der Waals surface area contributed by atoms with Gasteiger partial charge in [0, 0.05) is 10.9 Å². The second-order valence-electron chi connectivity index (χ2n) is 5.81. The molecule has 0 atom stereocenters. The lowest BCUT2D eigenvalue weighted by Gasteiger charge is -2.19. The molecule has 5 nitrogen and oxygen atoms in total. The van der Waals surface area contributed by atoms with Crippen LogP contribution in [0.1, 0.15) is 37.6 Å². The molecule has 1 N–H and O–H groups in total. The van der Waals surface area contributed by atoms with E-state index >= 15 is 0 Å². The summed E-state index contributed by atoms with van der Waals surface area (Å²) in [5.74, 6) is 0.189. The predicted molar refractivity (Wildman–Crippen MR) is 81.0 cm³/mol. The summed E-state index contributed by atoms with van der Waals surface area (Å²) < 4.78 is 6.62. The van der Waals surface area contributed by atoms with Crippen molar-refractivity contribution < 1.29 is 14.3 Å². The zero-order valence-corrected chi connectivity index (χ0v) is 13.6. The van der Waals surface area contributed by atoms with Crippen molar-refractivity contribution in [3.8, 4) is 0 Å². The van der Waals surface area contributed by atoms with Crippen LogP contribution in [0.25, 0.3) is 0 Å². The molecule has 0 saturated heterocycles. The van der Waals surface area contributed by atoms with E-state index in [-0.39, 0.29) is 6.42 Å². The van der Waals surface area contributed by atoms with E-state index in [0.29, 0.717) is 24.6 Å². The van der Waals surface area contributed by atoms with E-state index in [0.717, 1.165) is 10.0 Å². The van der Waals surface area contributed by atoms with E-state index in [1.807, 2.05) is 38.1 Å². The van der Waals surface area contributed by atoms with E-state index < -0.39 is 11.4 Å². The number of nitrogens with zero attached hydrogens (tertiary/aromatic N) is 2. The monoisotopic (exact) mass is 352 g/mol. The second-order valence-corrected chi connectivity index (χ2v) is 6.72. The van der Waals surface area contributed by atoms with Crippen LogP contribution < -0.4 is 0 Å². The average molecular weight is 353 g/mol. The van der Waals surface area contributed by atoms with E-state index in [2.05, 4.69) is 26.1 Å². The van der Waals surface area contributed by atoms with Crippen LogP contribution in [0.15, 0.2) is 33.2 Å². The number of halogens is 1. The first-order chi connectivity index (χ1) is 9.84. The number of hydrogen-bond acceptors (Lipinski definition) is 4. The molecule has 1 heterocycles. The number of hydrogen-bond donors (Lipinski definition) is 1. The van der Waals surface area contributed by atoms with Gasteiger partial charge in [0.1, 0.15) is 0 Å². The van der Waals surface area contributed by atoms with Gasteiger partial charge in [-0.2, -0.15) is 0 Å². The summed E-state index contributed by atoms with van der Waals surface area (Å²) in [6.45, 7) is 3.75. The van der Waals surface area contributed by atoms with Crippen LogP contribution in [0.2, 0.25) is 0 Å². The standard InChI is InChI=1S/C15H17BrN2O3/c1-15(2,9-14(19)20)8-13-18-17-12(21-13)7-10-4-3-5-11(16)6-10/h3-6H,7-9H2,1-2H3,(H,19,20). The molecule has 0 aliphatic heterocycles. The molecule has 0 radical (unpaired) electrons. The van der Waals surface area contributed by atoms with Crippen molar-refractivity contribution >= 4 is 21.9 Å². The smallest absolute Gasteiger partial charge is 0.303 e. The fraction of sp³-hybridized carbons (Fsp3) is 0.400. The molecule has 0 fully saturated rings. The average Bonchev–Trinajstić information content (AvgIpc) is 2.73. The Morgan fingerprint density at radius 3 is 2.71 bits per heavy atom. The Morgan fingerprint density at radius 1 is 1.33 bits per heavy atom. The molecular formula is C15H17BrN2O3. The van der Waals surface area contributed by atoms with Crippen LogP contribution in [-0.2, 0) is 17.6 Å². The first-order valence-corrected chi connectivity index (χ1v) is 7.41. The molecule has 0 aliphatic rings. The molecule has 21 heavy (non-hydrogen) atoms. The fourth-order valence-electron chi connectivity index (χ4n) is 2.13. The van der Waals surface area contributed by atoms with Gasteiger partial charge in [-0.1, -0.05) is 41.9 Å². The Kier molecular flexibility index (Phi) is 4.77. The van der Waals surface area contributed by atoms with Gasteiger partial charge in [-0.3, -0.25) is 4.79 Å². The van der Waals surface area contributed by atoms with Gasteiger partial charge >= 0.3 is 5.97 Å². The summed E-state index contributed by atoms with van der Waals surface area (Å²) in [5.41, 5.74) is 0.662. The van der Waals surface area contributed by atoms with Gasteiger partial charge in [0.2, 0.25) is 11.8 Å². The van der Waals surface area contributed by atoms with Crippen molar-refractivity contribution in [1.29, 1.82) is 0 Å². The lowest BCUT2D eigenvalue weighted by atomic mass is 9.86. The molecule has 0 amide bonds. The van der Waals surface area contributed by atoms with Crippen molar-refractivity contribution in [1.82, 2.24) is 10.2 Å². The number of carboxylic acids is 1. The third-order valence-corrected chi connectivity index (χ3v) is 3.51. The van der Waals surface area contributed by atoms with Crippen molar-refractivity contribution in [2.75, 3.05) is 0 Å². The summed E-state index contributed by atoms with van der Waals surface area (Å²) in [4.78, 5) is 10.8. The van der Waals surface area contributed by atoms with Crippen LogP contribution in [-0.4, -0.2) is 21.3 Å². The lowest BCUT2D eigenvalue weighted by Crippen LogP contribution is -2.19. The molecular weight excluding hydrogens is 336 g/mol. The summed E-state index contributed by atoms with van der Waals surface area (Å²) in [6.07, 6.45) is 1.08. The highest BCUT2D eigenvalue weighted by atomic mass is 79.9. The highest BCUT2D eigenvalue weighted by molar-refractivity contribution is 9.10. The minimum Gasteiger partial charge on any atom is -0.481 e. The highest BCUT2D eigenvalue weighted by Gasteiger charge is 2.25. The summed E-state index contributed by atoms with van der Waals surface area (Å²) in [6, 6.07) is 7.89. The molecule has 0 spiro atoms. The number of benzene rings is 1. The maximum absolute atomic E-state index is 10.8. The summed E-state index contributed by atoms with van der Waals surface area (Å²) in [5, 5.41) is 16.9. The largest absolute Gasteiger partial charge is 0.481 e. The predicted octanol–water partition coefficient (Wildman–Crippen LogP) is 3.47. The van der Waals surface area contributed by atoms with Crippen molar-refractivity contribution in [3.63, 3.8) is 0 Å². The minimum atomic E-state index is -0.825. The van der Waals surface area contributed by atoms with Gasteiger partial charge in [-0.05, 0) is 23.1 Å². The van der Waals surface area contributed by atoms with E-state index in [1.165, 1.54) is 0 Å². The summed E-state index contributed by atoms with van der Waals surface area (Å²) in [7, 11) is 0. The molecule has 112 valence electrons. The Bertz CT molecular complexity index is 637. The molecule has 2 rings (SSSR count). The number of aliphatic carboxylic acids is 1. The maximum Gasteiger partial charge on any atom is 0.303 e. The number of rotatable bonds is 6. The fourth-order valence-corrected chi connectivity index (χ4v) is 2.58. The molecule has 6 heteroatoms. The van der Waals surface area contributed by atoms with Crippen LogP contribution in [0.5, 0.6) is 0 Å². The third-order valence-electron chi connectivity index (χ3n) is 3.01. The quantitative estimate of drug-likeness (QED) is 0.861. The van der Waals surface area contributed by atoms with Crippen molar-refractivity contribution in [2.45, 2.75) is 33.1 Å². The van der Waals surface area contributed by atoms with Gasteiger partial charge in [0.15, 0.2) is 0 Å². The second kappa shape index (κ2) is 6.39. The highest BCUT2D eigenvalue weighted by Crippen LogP contribution is 2.25. The molecule has 0 bridgehead atoms. The van der Waals surface area contributed by atoms with Crippen LogP contribution in [0.3, 0.4) is 0 Å². The Hall–Kier alpha value is -1.69. The zero-order valence-electron chi connectivity index (χ0n) is 12.0. The SMILES string of the molecule is CC(C)(CC(=O)O)Cc1nnc(Cc2cccc(Br)c2)o1. The summed E-state index contributed by atoms with van der Waals surface area (Å²) >= 11 is 3.42. The van der Waals surface area contributed by atoms with Crippen LogP contribution >= 0.6 is 15.9 Å². The van der Waals surface area contributed by atoms with Crippen molar-refractivity contribution in [3.05, 3.63) is 46.1 Å². The first-order valence-electron chi connectivity index (χ1n) is 6.61. The van der Waals surface area contributed by atoms with Gasteiger partial charge in [-0.15, -0.1) is 10.2 Å². The Labute approximate surface area is 131 Å². The number of carboxylic acid groups (broad SMARTS) is 1.